The van der Waals surface area contributed by atoms with E-state index in [1.165, 1.54) is 0 Å². The first-order chi connectivity index (χ1) is 6.57. The van der Waals surface area contributed by atoms with Gasteiger partial charge in [-0.1, -0.05) is 6.42 Å². The normalized spacial score (nSPS) is 12.4. The molecule has 0 aromatic rings. The van der Waals surface area contributed by atoms with E-state index in [1.807, 2.05) is 0 Å². The van der Waals surface area contributed by atoms with E-state index in [2.05, 4.69) is 0 Å². The Morgan fingerprint density at radius 3 is 2.21 bits per heavy atom. The summed E-state index contributed by atoms with van der Waals surface area (Å²) in [6, 6.07) is -0.783. The predicted octanol–water partition coefficient (Wildman–Crippen LogP) is -0.0898. The van der Waals surface area contributed by atoms with Crippen LogP contribution in [0.5, 0.6) is 0 Å². The number of aliphatic hydroxyl groups is 1. The van der Waals surface area contributed by atoms with Crippen LogP contribution in [0.4, 0.5) is 0 Å². The lowest BCUT2D eigenvalue weighted by molar-refractivity contribution is -0.137. The molecule has 0 spiro atoms. The van der Waals surface area contributed by atoms with Gasteiger partial charge in [-0.2, -0.15) is 0 Å². The zero-order valence-corrected chi connectivity index (χ0v) is 8.11. The largest absolute Gasteiger partial charge is 0.481 e. The van der Waals surface area contributed by atoms with Crippen molar-refractivity contribution >= 4 is 11.8 Å². The number of hydrogen-bond acceptors (Lipinski definition) is 4. The SMILES string of the molecule is N[C@@H](CO)C(=O)CCCCCC(=O)O. The smallest absolute Gasteiger partial charge is 0.303 e. The molecule has 0 saturated carbocycles. The number of carbonyl (C=O) groups is 2. The topological polar surface area (TPSA) is 101 Å². The molecule has 0 aliphatic heterocycles. The van der Waals surface area contributed by atoms with Crippen molar-refractivity contribution in [2.24, 2.45) is 5.73 Å². The molecular formula is C9H17NO4. The minimum atomic E-state index is -0.816. The van der Waals surface area contributed by atoms with Crippen LogP contribution in [0.1, 0.15) is 32.1 Å². The molecule has 1 atom stereocenters. The van der Waals surface area contributed by atoms with E-state index in [9.17, 15) is 9.59 Å². The van der Waals surface area contributed by atoms with Crippen LogP contribution in [0.15, 0.2) is 0 Å². The number of nitrogens with two attached hydrogens (primary N) is 1. The van der Waals surface area contributed by atoms with E-state index in [0.29, 0.717) is 25.7 Å². The van der Waals surface area contributed by atoms with Gasteiger partial charge in [0, 0.05) is 12.8 Å². The molecule has 0 bridgehead atoms. The van der Waals surface area contributed by atoms with Crippen molar-refractivity contribution in [3.05, 3.63) is 0 Å². The van der Waals surface area contributed by atoms with Gasteiger partial charge in [-0.25, -0.2) is 0 Å². The molecule has 0 aromatic carbocycles. The molecule has 0 heterocycles. The van der Waals surface area contributed by atoms with E-state index in [-0.39, 0.29) is 18.8 Å². The van der Waals surface area contributed by atoms with E-state index < -0.39 is 12.0 Å². The maximum absolute atomic E-state index is 11.1. The number of unbranched alkanes of at least 4 members (excludes halogenated alkanes) is 2. The Labute approximate surface area is 82.9 Å². The van der Waals surface area contributed by atoms with E-state index in [1.54, 1.807) is 0 Å². The molecule has 5 nitrogen and oxygen atoms in total. The summed E-state index contributed by atoms with van der Waals surface area (Å²) in [4.78, 5) is 21.2. The molecule has 0 fully saturated rings. The fourth-order valence-corrected chi connectivity index (χ4v) is 1.04. The number of ketones is 1. The zero-order chi connectivity index (χ0) is 11.0. The highest BCUT2D eigenvalue weighted by Gasteiger charge is 2.10. The average Bonchev–Trinajstić information content (AvgIpc) is 2.15. The van der Waals surface area contributed by atoms with Crippen LogP contribution in [0.2, 0.25) is 0 Å². The van der Waals surface area contributed by atoms with Gasteiger partial charge in [-0.15, -0.1) is 0 Å². The van der Waals surface area contributed by atoms with Gasteiger partial charge in [0.25, 0.3) is 0 Å². The van der Waals surface area contributed by atoms with Crippen LogP contribution < -0.4 is 5.73 Å². The highest BCUT2D eigenvalue weighted by atomic mass is 16.4. The first kappa shape index (κ1) is 13.1. The fourth-order valence-electron chi connectivity index (χ4n) is 1.04. The van der Waals surface area contributed by atoms with Crippen molar-refractivity contribution < 1.29 is 19.8 Å². The van der Waals surface area contributed by atoms with E-state index >= 15 is 0 Å². The summed E-state index contributed by atoms with van der Waals surface area (Å²) in [5.74, 6) is -0.980. The standard InChI is InChI=1S/C9H17NO4/c10-7(6-11)8(12)4-2-1-3-5-9(13)14/h7,11H,1-6,10H2,(H,13,14)/t7-/m0/s1. The van der Waals surface area contributed by atoms with Crippen molar-refractivity contribution in [2.45, 2.75) is 38.1 Å². The van der Waals surface area contributed by atoms with Gasteiger partial charge < -0.3 is 15.9 Å². The molecule has 0 amide bonds. The van der Waals surface area contributed by atoms with Crippen LogP contribution >= 0.6 is 0 Å². The number of carboxylic acids is 1. The fraction of sp³-hybridized carbons (Fsp3) is 0.778. The predicted molar refractivity (Wildman–Crippen MR) is 50.8 cm³/mol. The molecule has 14 heavy (non-hydrogen) atoms. The molecule has 0 aliphatic carbocycles. The minimum Gasteiger partial charge on any atom is -0.481 e. The van der Waals surface area contributed by atoms with E-state index in [0.717, 1.165) is 0 Å². The van der Waals surface area contributed by atoms with Gasteiger partial charge in [0.1, 0.15) is 0 Å². The Kier molecular flexibility index (Phi) is 6.96. The summed E-state index contributed by atoms with van der Waals surface area (Å²) in [7, 11) is 0. The third-order valence-corrected chi connectivity index (χ3v) is 1.92. The van der Waals surface area contributed by atoms with Crippen LogP contribution in [-0.4, -0.2) is 34.6 Å². The number of hydrogen-bond donors (Lipinski definition) is 3. The lowest BCUT2D eigenvalue weighted by Gasteiger charge is -2.05. The molecule has 4 N–H and O–H groups in total. The summed E-state index contributed by atoms with van der Waals surface area (Å²) >= 11 is 0. The molecular weight excluding hydrogens is 186 g/mol. The quantitative estimate of drug-likeness (QED) is 0.479. The van der Waals surface area contributed by atoms with Gasteiger partial charge >= 0.3 is 5.97 Å². The monoisotopic (exact) mass is 203 g/mol. The Morgan fingerprint density at radius 2 is 1.71 bits per heavy atom. The second-order valence-electron chi connectivity index (χ2n) is 3.21. The summed E-state index contributed by atoms with van der Waals surface area (Å²) in [6.07, 6.45) is 2.38. The lowest BCUT2D eigenvalue weighted by atomic mass is 10.1. The molecule has 0 rings (SSSR count). The Balaban J connectivity index is 3.36. The van der Waals surface area contributed by atoms with Gasteiger partial charge in [0.05, 0.1) is 12.6 Å². The molecule has 5 heteroatoms. The van der Waals surface area contributed by atoms with Crippen LogP contribution in [0.25, 0.3) is 0 Å². The van der Waals surface area contributed by atoms with Crippen LogP contribution in [0.3, 0.4) is 0 Å². The number of carbonyl (C=O) groups excluding carboxylic acids is 1. The number of rotatable bonds is 8. The third kappa shape index (κ3) is 6.56. The molecule has 0 saturated heterocycles. The van der Waals surface area contributed by atoms with Crippen molar-refractivity contribution in [1.29, 1.82) is 0 Å². The molecule has 82 valence electrons. The Hall–Kier alpha value is -0.940. The molecule has 0 unspecified atom stereocenters. The highest BCUT2D eigenvalue weighted by molar-refractivity contribution is 5.83. The second kappa shape index (κ2) is 7.46. The third-order valence-electron chi connectivity index (χ3n) is 1.92. The summed E-state index contributed by atoms with van der Waals surface area (Å²) in [6.45, 7) is -0.325. The van der Waals surface area contributed by atoms with Gasteiger partial charge in [-0.05, 0) is 12.8 Å². The summed E-state index contributed by atoms with van der Waals surface area (Å²) in [5, 5.41) is 16.9. The number of aliphatic hydroxyl groups excluding tert-OH is 1. The highest BCUT2D eigenvalue weighted by Crippen LogP contribution is 2.04. The first-order valence-corrected chi connectivity index (χ1v) is 4.69. The van der Waals surface area contributed by atoms with Crippen molar-refractivity contribution in [3.8, 4) is 0 Å². The van der Waals surface area contributed by atoms with Gasteiger partial charge in [0.15, 0.2) is 5.78 Å². The Morgan fingerprint density at radius 1 is 1.14 bits per heavy atom. The van der Waals surface area contributed by atoms with Crippen LogP contribution in [-0.2, 0) is 9.59 Å². The molecule has 0 aromatic heterocycles. The van der Waals surface area contributed by atoms with Crippen molar-refractivity contribution in [3.63, 3.8) is 0 Å². The number of aliphatic carboxylic acids is 1. The summed E-state index contributed by atoms with van der Waals surface area (Å²) in [5.41, 5.74) is 5.29. The summed E-state index contributed by atoms with van der Waals surface area (Å²) < 4.78 is 0. The van der Waals surface area contributed by atoms with E-state index in [4.69, 9.17) is 15.9 Å². The first-order valence-electron chi connectivity index (χ1n) is 4.69. The van der Waals surface area contributed by atoms with Crippen molar-refractivity contribution in [2.75, 3.05) is 6.61 Å². The minimum absolute atomic E-state index is 0.139. The average molecular weight is 203 g/mol. The van der Waals surface area contributed by atoms with Crippen molar-refractivity contribution in [1.82, 2.24) is 0 Å². The zero-order valence-electron chi connectivity index (χ0n) is 8.11. The maximum Gasteiger partial charge on any atom is 0.303 e. The maximum atomic E-state index is 11.1. The molecule has 0 aliphatic rings. The number of carboxylic acid groups (broad SMARTS) is 1. The molecule has 0 radical (unpaired) electrons. The van der Waals surface area contributed by atoms with Crippen LogP contribution in [0, 0.1) is 0 Å². The Bertz CT molecular complexity index is 193. The lowest BCUT2D eigenvalue weighted by Crippen LogP contribution is -2.33. The second-order valence-corrected chi connectivity index (χ2v) is 3.21. The van der Waals surface area contributed by atoms with Gasteiger partial charge in [-0.3, -0.25) is 9.59 Å². The van der Waals surface area contributed by atoms with Gasteiger partial charge in [0.2, 0.25) is 0 Å². The number of Topliss-reactive ketones (excluding diaryl/α,β-unsaturated/α-hetero) is 1.